The number of carbonyl (C=O) groups excluding carboxylic acids is 2. The van der Waals surface area contributed by atoms with Gasteiger partial charge in [-0.3, -0.25) is 13.9 Å². The molecule has 2 rings (SSSR count). The van der Waals surface area contributed by atoms with Crippen LogP contribution in [0.15, 0.2) is 42.5 Å². The van der Waals surface area contributed by atoms with Crippen LogP contribution in [0.3, 0.4) is 0 Å². The molecule has 1 N–H and O–H groups in total. The molecule has 2 aromatic carbocycles. The number of ether oxygens (including phenoxy) is 1. The fourth-order valence-electron chi connectivity index (χ4n) is 3.79. The SMILES string of the molecule is CC[C@H](C(=O)N[C@@H](C)CC)N(Cc1ccc(OC)cc1)C(=O)CN(c1ccc(Cl)c(C(F)(F)F)c1)S(C)(=O)=O. The molecule has 0 saturated heterocycles. The molecule has 0 heterocycles. The molecule has 0 aliphatic rings. The number of nitrogens with zero attached hydrogens (tertiary/aromatic N) is 2. The van der Waals surface area contributed by atoms with Crippen LogP contribution >= 0.6 is 11.6 Å². The number of sulfonamides is 1. The summed E-state index contributed by atoms with van der Waals surface area (Å²) in [5, 5.41) is 2.23. The molecule has 0 aromatic heterocycles. The molecule has 0 bridgehead atoms. The van der Waals surface area contributed by atoms with Gasteiger partial charge in [0.25, 0.3) is 0 Å². The third kappa shape index (κ3) is 8.76. The lowest BCUT2D eigenvalue weighted by atomic mass is 10.1. The van der Waals surface area contributed by atoms with Gasteiger partial charge in [-0.2, -0.15) is 13.2 Å². The van der Waals surface area contributed by atoms with Crippen LogP contribution in [0.2, 0.25) is 5.02 Å². The average molecular weight is 592 g/mol. The first-order chi connectivity index (χ1) is 18.1. The molecule has 2 atom stereocenters. The van der Waals surface area contributed by atoms with Crippen LogP contribution in [0.1, 0.15) is 44.7 Å². The number of methoxy groups -OCH3 is 1. The summed E-state index contributed by atoms with van der Waals surface area (Å²) < 4.78 is 71.5. The number of anilines is 1. The summed E-state index contributed by atoms with van der Waals surface area (Å²) in [5.41, 5.74) is -0.989. The smallest absolute Gasteiger partial charge is 0.417 e. The van der Waals surface area contributed by atoms with Gasteiger partial charge < -0.3 is 15.0 Å². The molecule has 0 saturated carbocycles. The first-order valence-corrected chi connectivity index (χ1v) is 14.4. The van der Waals surface area contributed by atoms with Crippen LogP contribution in [0.5, 0.6) is 5.75 Å². The Hall–Kier alpha value is -2.99. The average Bonchev–Trinajstić information content (AvgIpc) is 2.86. The molecule has 0 aliphatic heterocycles. The summed E-state index contributed by atoms with van der Waals surface area (Å²) in [5.74, 6) is -0.624. The van der Waals surface area contributed by atoms with E-state index in [9.17, 15) is 31.2 Å². The van der Waals surface area contributed by atoms with Crippen molar-refractivity contribution < 1.29 is 35.9 Å². The Morgan fingerprint density at radius 1 is 1.08 bits per heavy atom. The molecular weight excluding hydrogens is 559 g/mol. The van der Waals surface area contributed by atoms with E-state index in [0.29, 0.717) is 28.1 Å². The van der Waals surface area contributed by atoms with Crippen molar-refractivity contribution in [3.8, 4) is 5.75 Å². The molecule has 0 unspecified atom stereocenters. The predicted octanol–water partition coefficient (Wildman–Crippen LogP) is 4.86. The number of rotatable bonds is 12. The number of nitrogens with one attached hydrogen (secondary N) is 1. The van der Waals surface area contributed by atoms with Crippen LogP contribution in [0, 0.1) is 0 Å². The fourth-order valence-corrected chi connectivity index (χ4v) is 4.85. The van der Waals surface area contributed by atoms with E-state index in [1.165, 1.54) is 12.0 Å². The minimum atomic E-state index is -4.85. The van der Waals surface area contributed by atoms with Gasteiger partial charge in [-0.05, 0) is 55.7 Å². The van der Waals surface area contributed by atoms with Crippen molar-refractivity contribution in [2.75, 3.05) is 24.2 Å². The highest BCUT2D eigenvalue weighted by atomic mass is 35.5. The Kier molecular flexibility index (Phi) is 11.1. The Labute approximate surface area is 232 Å². The second-order valence-electron chi connectivity index (χ2n) is 9.04. The minimum Gasteiger partial charge on any atom is -0.497 e. The minimum absolute atomic E-state index is 0.0543. The quantitative estimate of drug-likeness (QED) is 0.380. The summed E-state index contributed by atoms with van der Waals surface area (Å²) in [6, 6.07) is 8.19. The van der Waals surface area contributed by atoms with Gasteiger partial charge in [-0.1, -0.05) is 37.6 Å². The van der Waals surface area contributed by atoms with Gasteiger partial charge >= 0.3 is 6.18 Å². The highest BCUT2D eigenvalue weighted by molar-refractivity contribution is 7.92. The van der Waals surface area contributed by atoms with Crippen LogP contribution in [-0.2, 0) is 32.3 Å². The zero-order valence-electron chi connectivity index (χ0n) is 22.4. The van der Waals surface area contributed by atoms with Gasteiger partial charge in [0.05, 0.1) is 29.6 Å². The number of hydrogen-bond acceptors (Lipinski definition) is 5. The molecule has 2 aromatic rings. The summed E-state index contributed by atoms with van der Waals surface area (Å²) in [6.45, 7) is 4.52. The van der Waals surface area contributed by atoms with Crippen molar-refractivity contribution in [1.29, 1.82) is 0 Å². The van der Waals surface area contributed by atoms with E-state index in [0.717, 1.165) is 18.4 Å². The van der Waals surface area contributed by atoms with Crippen LogP contribution < -0.4 is 14.4 Å². The highest BCUT2D eigenvalue weighted by Crippen LogP contribution is 2.37. The zero-order chi connectivity index (χ0) is 29.5. The zero-order valence-corrected chi connectivity index (χ0v) is 24.0. The number of carbonyl (C=O) groups is 2. The van der Waals surface area contributed by atoms with E-state index >= 15 is 0 Å². The van der Waals surface area contributed by atoms with Gasteiger partial charge in [0.15, 0.2) is 0 Å². The van der Waals surface area contributed by atoms with Crippen molar-refractivity contribution in [3.05, 3.63) is 58.6 Å². The fraction of sp³-hybridized carbons (Fsp3) is 0.462. The van der Waals surface area contributed by atoms with Crippen molar-refractivity contribution in [1.82, 2.24) is 10.2 Å². The lowest BCUT2D eigenvalue weighted by molar-refractivity contribution is -0.140. The Balaban J connectivity index is 2.52. The first kappa shape index (κ1) is 32.2. The van der Waals surface area contributed by atoms with E-state index in [2.05, 4.69) is 5.32 Å². The molecule has 0 spiro atoms. The molecule has 0 aliphatic carbocycles. The standard InChI is InChI=1S/C26H33ClF3N3O5S/c1-6-17(3)31-25(35)23(7-2)32(15-18-8-11-20(38-4)12-9-18)24(34)16-33(39(5,36)37)19-10-13-22(27)21(14-19)26(28,29)30/h8-14,17,23H,6-7,15-16H2,1-5H3,(H,31,35)/t17-,23+/m0/s1. The Morgan fingerprint density at radius 2 is 1.69 bits per heavy atom. The van der Waals surface area contributed by atoms with Crippen molar-refractivity contribution >= 4 is 39.1 Å². The first-order valence-electron chi connectivity index (χ1n) is 12.2. The molecule has 8 nitrogen and oxygen atoms in total. The lowest BCUT2D eigenvalue weighted by Crippen LogP contribution is -2.53. The Bertz CT molecular complexity index is 1260. The van der Waals surface area contributed by atoms with E-state index in [1.807, 2.05) is 13.8 Å². The van der Waals surface area contributed by atoms with Crippen molar-refractivity contribution in [2.45, 2.75) is 58.4 Å². The maximum Gasteiger partial charge on any atom is 0.417 e. The van der Waals surface area contributed by atoms with Gasteiger partial charge in [0.1, 0.15) is 18.3 Å². The summed E-state index contributed by atoms with van der Waals surface area (Å²) >= 11 is 5.70. The van der Waals surface area contributed by atoms with Crippen molar-refractivity contribution in [2.24, 2.45) is 0 Å². The number of alkyl halides is 3. The summed E-state index contributed by atoms with van der Waals surface area (Å²) in [6.07, 6.45) is -3.21. The predicted molar refractivity (Wildman–Crippen MR) is 144 cm³/mol. The number of benzene rings is 2. The third-order valence-corrected chi connectivity index (χ3v) is 7.59. The molecular formula is C26H33ClF3N3O5S. The summed E-state index contributed by atoms with van der Waals surface area (Å²) in [7, 11) is -2.72. The van der Waals surface area contributed by atoms with Crippen LogP contribution in [-0.4, -0.2) is 57.1 Å². The Morgan fingerprint density at radius 3 is 2.18 bits per heavy atom. The van der Waals surface area contributed by atoms with E-state index in [-0.39, 0.29) is 24.7 Å². The summed E-state index contributed by atoms with van der Waals surface area (Å²) in [4.78, 5) is 28.0. The van der Waals surface area contributed by atoms with Gasteiger partial charge in [0.2, 0.25) is 21.8 Å². The number of halogens is 4. The number of hydrogen-bond donors (Lipinski definition) is 1. The molecule has 216 valence electrons. The molecule has 0 radical (unpaired) electrons. The second kappa shape index (κ2) is 13.4. The molecule has 39 heavy (non-hydrogen) atoms. The normalized spacial score (nSPS) is 13.4. The number of amides is 2. The van der Waals surface area contributed by atoms with Gasteiger partial charge in [-0.25, -0.2) is 8.42 Å². The molecule has 0 fully saturated rings. The van der Waals surface area contributed by atoms with Crippen LogP contribution in [0.25, 0.3) is 0 Å². The monoisotopic (exact) mass is 591 g/mol. The molecule has 2 amide bonds. The maximum atomic E-state index is 13.7. The third-order valence-electron chi connectivity index (χ3n) is 6.12. The van der Waals surface area contributed by atoms with Crippen molar-refractivity contribution in [3.63, 3.8) is 0 Å². The van der Waals surface area contributed by atoms with Gasteiger partial charge in [0, 0.05) is 12.6 Å². The largest absolute Gasteiger partial charge is 0.497 e. The highest BCUT2D eigenvalue weighted by Gasteiger charge is 2.36. The van der Waals surface area contributed by atoms with E-state index < -0.39 is 51.2 Å². The second-order valence-corrected chi connectivity index (χ2v) is 11.4. The maximum absolute atomic E-state index is 13.7. The topological polar surface area (TPSA) is 96.0 Å². The van der Waals surface area contributed by atoms with Gasteiger partial charge in [-0.15, -0.1) is 0 Å². The van der Waals surface area contributed by atoms with Crippen LogP contribution in [0.4, 0.5) is 18.9 Å². The lowest BCUT2D eigenvalue weighted by Gasteiger charge is -2.33. The van der Waals surface area contributed by atoms with E-state index in [1.54, 1.807) is 31.2 Å². The van der Waals surface area contributed by atoms with E-state index in [4.69, 9.17) is 16.3 Å². The molecule has 13 heteroatoms.